The van der Waals surface area contributed by atoms with Crippen molar-refractivity contribution >= 4 is 5.78 Å². The highest BCUT2D eigenvalue weighted by Gasteiger charge is 2.21. The van der Waals surface area contributed by atoms with E-state index >= 15 is 0 Å². The third-order valence-electron chi connectivity index (χ3n) is 2.39. The highest BCUT2D eigenvalue weighted by atomic mass is 16.1. The topological polar surface area (TPSA) is 72.7 Å². The van der Waals surface area contributed by atoms with E-state index in [1.807, 2.05) is 0 Å². The quantitative estimate of drug-likeness (QED) is 0.651. The fourth-order valence-electron chi connectivity index (χ4n) is 1.64. The van der Waals surface area contributed by atoms with Gasteiger partial charge < -0.3 is 5.32 Å². The molecule has 1 aliphatic heterocycles. The van der Waals surface area contributed by atoms with Gasteiger partial charge in [0, 0.05) is 6.42 Å². The molecule has 0 aromatic carbocycles. The number of tetrazole rings is 1. The number of carbonyl (C=O) groups excluding carboxylic acids is 1. The van der Waals surface area contributed by atoms with Crippen molar-refractivity contribution in [3.05, 3.63) is 5.82 Å². The summed E-state index contributed by atoms with van der Waals surface area (Å²) < 4.78 is 0. The Morgan fingerprint density at radius 3 is 3.14 bits per heavy atom. The molecule has 1 unspecified atom stereocenters. The van der Waals surface area contributed by atoms with E-state index in [1.165, 1.54) is 4.80 Å². The van der Waals surface area contributed by atoms with Crippen LogP contribution in [0.4, 0.5) is 0 Å². The van der Waals surface area contributed by atoms with Crippen molar-refractivity contribution < 1.29 is 4.79 Å². The number of hydrogen-bond acceptors (Lipinski definition) is 5. The van der Waals surface area contributed by atoms with Gasteiger partial charge in [-0.1, -0.05) is 0 Å². The van der Waals surface area contributed by atoms with E-state index in [-0.39, 0.29) is 11.6 Å². The van der Waals surface area contributed by atoms with Gasteiger partial charge in [0.05, 0.1) is 7.05 Å². The number of ketones is 1. The summed E-state index contributed by atoms with van der Waals surface area (Å²) in [7, 11) is 1.65. The molecule has 6 heteroatoms. The van der Waals surface area contributed by atoms with Gasteiger partial charge in [0.2, 0.25) is 11.6 Å². The Hall–Kier alpha value is -1.30. The lowest BCUT2D eigenvalue weighted by atomic mass is 10.0. The van der Waals surface area contributed by atoms with Crippen LogP contribution in [0.1, 0.15) is 23.5 Å². The van der Waals surface area contributed by atoms with Gasteiger partial charge in [0.15, 0.2) is 0 Å². The second kappa shape index (κ2) is 3.83. The predicted molar refractivity (Wildman–Crippen MR) is 48.7 cm³/mol. The summed E-state index contributed by atoms with van der Waals surface area (Å²) in [6, 6.07) is 0. The van der Waals surface area contributed by atoms with Crippen molar-refractivity contribution in [3.63, 3.8) is 0 Å². The summed E-state index contributed by atoms with van der Waals surface area (Å²) >= 11 is 0. The van der Waals surface area contributed by atoms with E-state index in [0.29, 0.717) is 12.3 Å². The average molecular weight is 195 g/mol. The van der Waals surface area contributed by atoms with Gasteiger partial charge in [-0.05, 0) is 30.6 Å². The first-order chi connectivity index (χ1) is 6.75. The first kappa shape index (κ1) is 9.26. The molecule has 0 saturated carbocycles. The van der Waals surface area contributed by atoms with E-state index in [0.717, 1.165) is 19.5 Å². The molecular weight excluding hydrogens is 182 g/mol. The summed E-state index contributed by atoms with van der Waals surface area (Å²) in [5.41, 5.74) is 0. The van der Waals surface area contributed by atoms with Gasteiger partial charge in [-0.2, -0.15) is 4.80 Å². The maximum atomic E-state index is 11.6. The number of aryl methyl sites for hydroxylation is 1. The number of nitrogens with one attached hydrogen (secondary N) is 1. The molecule has 0 amide bonds. The minimum atomic E-state index is -0.00759. The van der Waals surface area contributed by atoms with Crippen molar-refractivity contribution in [1.29, 1.82) is 0 Å². The molecule has 1 N–H and O–H groups in total. The summed E-state index contributed by atoms with van der Waals surface area (Å²) in [4.78, 5) is 12.9. The largest absolute Gasteiger partial charge is 0.316 e. The van der Waals surface area contributed by atoms with Crippen LogP contribution in [-0.2, 0) is 7.05 Å². The Morgan fingerprint density at radius 2 is 2.57 bits per heavy atom. The Labute approximate surface area is 81.7 Å². The molecule has 2 heterocycles. The second-order valence-corrected chi connectivity index (χ2v) is 3.59. The molecule has 1 aliphatic rings. The summed E-state index contributed by atoms with van der Waals surface area (Å²) in [5, 5.41) is 14.4. The summed E-state index contributed by atoms with van der Waals surface area (Å²) in [6.45, 7) is 1.93. The standard InChI is InChI=1S/C8H13N5O/c1-13-11-8(10-12-13)7(14)4-6-2-3-9-5-6/h6,9H,2-5H2,1H3. The molecule has 0 spiro atoms. The Morgan fingerprint density at radius 1 is 1.71 bits per heavy atom. The number of rotatable bonds is 3. The van der Waals surface area contributed by atoms with Crippen LogP contribution in [0, 0.1) is 5.92 Å². The molecule has 1 fully saturated rings. The van der Waals surface area contributed by atoms with Gasteiger partial charge in [-0.15, -0.1) is 10.2 Å². The van der Waals surface area contributed by atoms with E-state index in [9.17, 15) is 4.79 Å². The van der Waals surface area contributed by atoms with Crippen molar-refractivity contribution in [2.75, 3.05) is 13.1 Å². The number of nitrogens with zero attached hydrogens (tertiary/aromatic N) is 4. The molecule has 76 valence electrons. The molecule has 0 bridgehead atoms. The maximum absolute atomic E-state index is 11.6. The van der Waals surface area contributed by atoms with E-state index in [4.69, 9.17) is 0 Å². The van der Waals surface area contributed by atoms with Gasteiger partial charge >= 0.3 is 0 Å². The van der Waals surface area contributed by atoms with E-state index < -0.39 is 0 Å². The maximum Gasteiger partial charge on any atom is 0.240 e. The van der Waals surface area contributed by atoms with Crippen LogP contribution in [0.5, 0.6) is 0 Å². The first-order valence-corrected chi connectivity index (χ1v) is 4.73. The van der Waals surface area contributed by atoms with Gasteiger partial charge in [-0.25, -0.2) is 0 Å². The lowest BCUT2D eigenvalue weighted by Crippen LogP contribution is -2.13. The van der Waals surface area contributed by atoms with Crippen molar-refractivity contribution in [2.24, 2.45) is 13.0 Å². The monoisotopic (exact) mass is 195 g/mol. The molecule has 2 rings (SSSR count). The third kappa shape index (κ3) is 1.95. The normalized spacial score (nSPS) is 21.4. The number of Topliss-reactive ketones (excluding diaryl/α,β-unsaturated/α-hetero) is 1. The van der Waals surface area contributed by atoms with Gasteiger partial charge in [0.25, 0.3) is 0 Å². The van der Waals surface area contributed by atoms with Crippen LogP contribution >= 0.6 is 0 Å². The first-order valence-electron chi connectivity index (χ1n) is 4.73. The van der Waals surface area contributed by atoms with Crippen molar-refractivity contribution in [2.45, 2.75) is 12.8 Å². The van der Waals surface area contributed by atoms with Gasteiger partial charge in [-0.3, -0.25) is 4.79 Å². The minimum Gasteiger partial charge on any atom is -0.316 e. The molecule has 1 aromatic rings. The predicted octanol–water partition coefficient (Wildman–Crippen LogP) is -0.608. The second-order valence-electron chi connectivity index (χ2n) is 3.59. The molecule has 1 aromatic heterocycles. The van der Waals surface area contributed by atoms with Crippen LogP contribution in [0.25, 0.3) is 0 Å². The van der Waals surface area contributed by atoms with E-state index in [2.05, 4.69) is 20.7 Å². The van der Waals surface area contributed by atoms with Crippen LogP contribution < -0.4 is 5.32 Å². The molecule has 14 heavy (non-hydrogen) atoms. The highest BCUT2D eigenvalue weighted by molar-refractivity contribution is 5.92. The molecule has 0 aliphatic carbocycles. The lowest BCUT2D eigenvalue weighted by molar-refractivity contribution is 0.0954. The Kier molecular flexibility index (Phi) is 2.53. The third-order valence-corrected chi connectivity index (χ3v) is 2.39. The summed E-state index contributed by atoms with van der Waals surface area (Å²) in [6.07, 6.45) is 1.59. The van der Waals surface area contributed by atoms with Crippen LogP contribution in [0.3, 0.4) is 0 Å². The number of carbonyl (C=O) groups is 1. The fourth-order valence-corrected chi connectivity index (χ4v) is 1.64. The molecule has 1 saturated heterocycles. The van der Waals surface area contributed by atoms with Gasteiger partial charge in [0.1, 0.15) is 0 Å². The average Bonchev–Trinajstić information content (AvgIpc) is 2.75. The van der Waals surface area contributed by atoms with Crippen LogP contribution in [0.2, 0.25) is 0 Å². The smallest absolute Gasteiger partial charge is 0.240 e. The lowest BCUT2D eigenvalue weighted by Gasteiger charge is -2.03. The minimum absolute atomic E-state index is 0.00759. The molecule has 1 atom stereocenters. The summed E-state index contributed by atoms with van der Waals surface area (Å²) in [5.74, 6) is 0.664. The van der Waals surface area contributed by atoms with Crippen LogP contribution in [-0.4, -0.2) is 39.1 Å². The van der Waals surface area contributed by atoms with Crippen molar-refractivity contribution in [3.8, 4) is 0 Å². The SMILES string of the molecule is Cn1nnc(C(=O)CC2CCNC2)n1. The molecular formula is C8H13N5O. The fraction of sp³-hybridized carbons (Fsp3) is 0.750. The van der Waals surface area contributed by atoms with E-state index in [1.54, 1.807) is 7.05 Å². The number of aromatic nitrogens is 4. The zero-order valence-electron chi connectivity index (χ0n) is 8.10. The van der Waals surface area contributed by atoms with Crippen molar-refractivity contribution in [1.82, 2.24) is 25.5 Å². The zero-order valence-corrected chi connectivity index (χ0v) is 8.10. The molecule has 0 radical (unpaired) electrons. The Bertz CT molecular complexity index is 328. The zero-order chi connectivity index (χ0) is 9.97. The molecule has 6 nitrogen and oxygen atoms in total. The number of hydrogen-bond donors (Lipinski definition) is 1. The Balaban J connectivity index is 1.95. The van der Waals surface area contributed by atoms with Crippen LogP contribution in [0.15, 0.2) is 0 Å². The highest BCUT2D eigenvalue weighted by Crippen LogP contribution is 2.13.